The minimum Gasteiger partial charge on any atom is -0.301 e. The SMILES string of the molecule is S=c1[nH]nc(C2Cc3ccccc3C2)n1C1CC1. The molecule has 0 aliphatic heterocycles. The Labute approximate surface area is 111 Å². The van der Waals surface area contributed by atoms with Gasteiger partial charge in [0.25, 0.3) is 0 Å². The van der Waals surface area contributed by atoms with Crippen LogP contribution in [0.4, 0.5) is 0 Å². The number of benzene rings is 1. The highest BCUT2D eigenvalue weighted by Gasteiger charge is 2.32. The lowest BCUT2D eigenvalue weighted by molar-refractivity contribution is 0.595. The molecule has 0 unspecified atom stereocenters. The third-order valence-corrected chi connectivity index (χ3v) is 4.35. The van der Waals surface area contributed by atoms with E-state index in [2.05, 4.69) is 39.0 Å². The highest BCUT2D eigenvalue weighted by molar-refractivity contribution is 7.71. The molecule has 3 nitrogen and oxygen atoms in total. The van der Waals surface area contributed by atoms with Gasteiger partial charge in [-0.3, -0.25) is 5.10 Å². The molecule has 2 aliphatic carbocycles. The molecule has 0 radical (unpaired) electrons. The Morgan fingerprint density at radius 1 is 1.17 bits per heavy atom. The molecule has 1 aromatic carbocycles. The molecule has 0 spiro atoms. The molecular weight excluding hydrogens is 242 g/mol. The van der Waals surface area contributed by atoms with Gasteiger partial charge in [0, 0.05) is 12.0 Å². The van der Waals surface area contributed by atoms with Gasteiger partial charge in [0.05, 0.1) is 0 Å². The maximum Gasteiger partial charge on any atom is 0.195 e. The van der Waals surface area contributed by atoms with E-state index in [-0.39, 0.29) is 0 Å². The van der Waals surface area contributed by atoms with Crippen molar-refractivity contribution in [2.45, 2.75) is 37.6 Å². The molecule has 1 fully saturated rings. The lowest BCUT2D eigenvalue weighted by Gasteiger charge is -2.10. The fraction of sp³-hybridized carbons (Fsp3) is 0.429. The number of H-pyrrole nitrogens is 1. The van der Waals surface area contributed by atoms with Crippen molar-refractivity contribution < 1.29 is 0 Å². The minimum absolute atomic E-state index is 0.496. The first-order valence-corrected chi connectivity index (χ1v) is 6.97. The van der Waals surface area contributed by atoms with E-state index in [0.717, 1.165) is 17.6 Å². The fourth-order valence-electron chi connectivity index (χ4n) is 3.03. The van der Waals surface area contributed by atoms with Crippen LogP contribution in [0.1, 0.15) is 41.8 Å². The molecule has 2 aromatic rings. The van der Waals surface area contributed by atoms with E-state index < -0.39 is 0 Å². The molecule has 0 bridgehead atoms. The van der Waals surface area contributed by atoms with Crippen LogP contribution >= 0.6 is 12.2 Å². The van der Waals surface area contributed by atoms with E-state index in [9.17, 15) is 0 Å². The van der Waals surface area contributed by atoms with Crippen molar-refractivity contribution in [2.75, 3.05) is 0 Å². The fourth-order valence-corrected chi connectivity index (χ4v) is 3.32. The second-order valence-corrected chi connectivity index (χ2v) is 5.75. The second-order valence-electron chi connectivity index (χ2n) is 5.36. The maximum absolute atomic E-state index is 5.36. The van der Waals surface area contributed by atoms with Crippen LogP contribution in [-0.4, -0.2) is 14.8 Å². The number of hydrogen-bond donors (Lipinski definition) is 1. The zero-order chi connectivity index (χ0) is 12.1. The summed E-state index contributed by atoms with van der Waals surface area (Å²) in [6.07, 6.45) is 4.70. The van der Waals surface area contributed by atoms with Crippen molar-refractivity contribution in [2.24, 2.45) is 0 Å². The largest absolute Gasteiger partial charge is 0.301 e. The van der Waals surface area contributed by atoms with Gasteiger partial charge in [-0.05, 0) is 49.0 Å². The van der Waals surface area contributed by atoms with Gasteiger partial charge in [0.1, 0.15) is 5.82 Å². The smallest absolute Gasteiger partial charge is 0.195 e. The van der Waals surface area contributed by atoms with Crippen LogP contribution in [0.3, 0.4) is 0 Å². The predicted octanol–water partition coefficient (Wildman–Crippen LogP) is 3.16. The zero-order valence-corrected chi connectivity index (χ0v) is 10.9. The first-order chi connectivity index (χ1) is 8.83. The average molecular weight is 257 g/mol. The summed E-state index contributed by atoms with van der Waals surface area (Å²) in [6.45, 7) is 0. The summed E-state index contributed by atoms with van der Waals surface area (Å²) in [5, 5.41) is 7.47. The van der Waals surface area contributed by atoms with Gasteiger partial charge in [-0.2, -0.15) is 5.10 Å². The minimum atomic E-state index is 0.496. The Morgan fingerprint density at radius 2 is 1.83 bits per heavy atom. The highest BCUT2D eigenvalue weighted by atomic mass is 32.1. The number of nitrogens with zero attached hydrogens (tertiary/aromatic N) is 2. The predicted molar refractivity (Wildman–Crippen MR) is 72.3 cm³/mol. The van der Waals surface area contributed by atoms with Gasteiger partial charge < -0.3 is 4.57 Å². The molecule has 1 aromatic heterocycles. The monoisotopic (exact) mass is 257 g/mol. The number of aromatic amines is 1. The average Bonchev–Trinajstić information content (AvgIpc) is 3.00. The molecule has 92 valence electrons. The molecule has 1 N–H and O–H groups in total. The van der Waals surface area contributed by atoms with Gasteiger partial charge in [-0.1, -0.05) is 24.3 Å². The van der Waals surface area contributed by atoms with Crippen molar-refractivity contribution in [3.05, 3.63) is 46.0 Å². The van der Waals surface area contributed by atoms with Crippen LogP contribution < -0.4 is 0 Å². The molecular formula is C14H15N3S. The van der Waals surface area contributed by atoms with E-state index in [0.29, 0.717) is 12.0 Å². The molecule has 0 atom stereocenters. The normalized spacial score (nSPS) is 19.1. The van der Waals surface area contributed by atoms with Crippen molar-refractivity contribution in [3.63, 3.8) is 0 Å². The standard InChI is InChI=1S/C14H15N3S/c18-14-16-15-13(17(14)12-5-6-12)11-7-9-3-1-2-4-10(9)8-11/h1-4,11-12H,5-8H2,(H,16,18). The maximum atomic E-state index is 5.36. The Morgan fingerprint density at radius 3 is 2.44 bits per heavy atom. The van der Waals surface area contributed by atoms with E-state index in [1.165, 1.54) is 29.8 Å². The first kappa shape index (κ1) is 10.5. The Balaban J connectivity index is 1.72. The van der Waals surface area contributed by atoms with E-state index in [1.54, 1.807) is 0 Å². The first-order valence-electron chi connectivity index (χ1n) is 6.56. The van der Waals surface area contributed by atoms with Gasteiger partial charge in [0.2, 0.25) is 0 Å². The molecule has 18 heavy (non-hydrogen) atoms. The van der Waals surface area contributed by atoms with E-state index in [4.69, 9.17) is 12.2 Å². The summed E-state index contributed by atoms with van der Waals surface area (Å²) < 4.78 is 3.05. The quantitative estimate of drug-likeness (QED) is 0.838. The highest BCUT2D eigenvalue weighted by Crippen LogP contribution is 2.40. The summed E-state index contributed by atoms with van der Waals surface area (Å²) >= 11 is 5.36. The summed E-state index contributed by atoms with van der Waals surface area (Å²) in [5.74, 6) is 1.66. The van der Waals surface area contributed by atoms with Crippen molar-refractivity contribution in [1.29, 1.82) is 0 Å². The van der Waals surface area contributed by atoms with Crippen LogP contribution in [0, 0.1) is 4.77 Å². The third kappa shape index (κ3) is 1.56. The van der Waals surface area contributed by atoms with Gasteiger partial charge in [-0.15, -0.1) is 0 Å². The van der Waals surface area contributed by atoms with Crippen molar-refractivity contribution in [1.82, 2.24) is 14.8 Å². The van der Waals surface area contributed by atoms with E-state index in [1.807, 2.05) is 0 Å². The number of fused-ring (bicyclic) bond motifs is 1. The number of aromatic nitrogens is 3. The van der Waals surface area contributed by atoms with Crippen LogP contribution in [-0.2, 0) is 12.8 Å². The summed E-state index contributed by atoms with van der Waals surface area (Å²) in [5.41, 5.74) is 2.94. The van der Waals surface area contributed by atoms with Crippen LogP contribution in [0.5, 0.6) is 0 Å². The van der Waals surface area contributed by atoms with Crippen LogP contribution in [0.2, 0.25) is 0 Å². The molecule has 1 saturated carbocycles. The molecule has 2 aliphatic rings. The summed E-state index contributed by atoms with van der Waals surface area (Å²) in [4.78, 5) is 0. The topological polar surface area (TPSA) is 33.6 Å². The van der Waals surface area contributed by atoms with Crippen LogP contribution in [0.15, 0.2) is 24.3 Å². The van der Waals surface area contributed by atoms with Gasteiger partial charge in [0.15, 0.2) is 4.77 Å². The van der Waals surface area contributed by atoms with Gasteiger partial charge >= 0.3 is 0 Å². The lowest BCUT2D eigenvalue weighted by atomic mass is 10.1. The Hall–Kier alpha value is -1.42. The summed E-state index contributed by atoms with van der Waals surface area (Å²) in [7, 11) is 0. The zero-order valence-electron chi connectivity index (χ0n) is 10.1. The Bertz CT molecular complexity index is 626. The molecule has 4 rings (SSSR count). The third-order valence-electron chi connectivity index (χ3n) is 4.06. The number of hydrogen-bond acceptors (Lipinski definition) is 2. The Kier molecular flexibility index (Phi) is 2.21. The van der Waals surface area contributed by atoms with Crippen molar-refractivity contribution in [3.8, 4) is 0 Å². The van der Waals surface area contributed by atoms with Crippen LogP contribution in [0.25, 0.3) is 0 Å². The van der Waals surface area contributed by atoms with Gasteiger partial charge in [-0.25, -0.2) is 0 Å². The molecule has 1 heterocycles. The lowest BCUT2D eigenvalue weighted by Crippen LogP contribution is -2.08. The molecule has 0 saturated heterocycles. The van der Waals surface area contributed by atoms with Crippen molar-refractivity contribution >= 4 is 12.2 Å². The summed E-state index contributed by atoms with van der Waals surface area (Å²) in [6, 6.07) is 9.32. The molecule has 4 heteroatoms. The number of rotatable bonds is 2. The second kappa shape index (κ2) is 3.79. The number of nitrogens with one attached hydrogen (secondary N) is 1. The molecule has 0 amide bonds. The van der Waals surface area contributed by atoms with E-state index >= 15 is 0 Å².